The monoisotopic (exact) mass is 325 g/mol. The highest BCUT2D eigenvalue weighted by Gasteiger charge is 2.19. The number of nitrogens with one attached hydrogen (secondary N) is 2. The summed E-state index contributed by atoms with van der Waals surface area (Å²) in [4.78, 5) is 25.8. The van der Waals surface area contributed by atoms with E-state index in [2.05, 4.69) is 10.6 Å². The Morgan fingerprint density at radius 2 is 1.54 bits per heavy atom. The highest BCUT2D eigenvalue weighted by Crippen LogP contribution is 2.17. The molecule has 0 aliphatic rings. The van der Waals surface area contributed by atoms with Crippen molar-refractivity contribution in [2.45, 2.75) is 19.0 Å². The van der Waals surface area contributed by atoms with Gasteiger partial charge in [-0.2, -0.15) is 0 Å². The molecule has 0 heterocycles. The molecule has 2 rings (SSSR count). The van der Waals surface area contributed by atoms with Gasteiger partial charge in [-0.05, 0) is 11.1 Å². The third kappa shape index (κ3) is 5.43. The van der Waals surface area contributed by atoms with Gasteiger partial charge in [-0.15, -0.1) is 0 Å². The molecule has 0 aliphatic heterocycles. The molecule has 3 amide bonds. The Morgan fingerprint density at radius 3 is 2.12 bits per heavy atom. The Balaban J connectivity index is 1.99. The first kappa shape index (κ1) is 17.5. The molecular weight excluding hydrogens is 302 g/mol. The summed E-state index contributed by atoms with van der Waals surface area (Å²) in [6.45, 7) is 0.440. The van der Waals surface area contributed by atoms with Crippen LogP contribution < -0.4 is 10.6 Å². The van der Waals surface area contributed by atoms with Gasteiger partial charge in [0.2, 0.25) is 5.91 Å². The second-order valence-corrected chi connectivity index (χ2v) is 5.77. The molecule has 5 nitrogen and oxygen atoms in total. The van der Waals surface area contributed by atoms with Gasteiger partial charge < -0.3 is 15.5 Å². The fourth-order valence-corrected chi connectivity index (χ4v) is 2.28. The van der Waals surface area contributed by atoms with E-state index in [4.69, 9.17) is 0 Å². The Morgan fingerprint density at radius 1 is 0.958 bits per heavy atom. The molecule has 0 radical (unpaired) electrons. The lowest BCUT2D eigenvalue weighted by Crippen LogP contribution is -2.39. The molecular formula is C19H23N3O2. The van der Waals surface area contributed by atoms with Crippen LogP contribution in [0.4, 0.5) is 4.79 Å². The molecule has 2 aromatic rings. The van der Waals surface area contributed by atoms with Crippen molar-refractivity contribution in [1.29, 1.82) is 0 Å². The van der Waals surface area contributed by atoms with Gasteiger partial charge in [0, 0.05) is 20.6 Å². The van der Waals surface area contributed by atoms with Gasteiger partial charge in [0.25, 0.3) is 0 Å². The summed E-state index contributed by atoms with van der Waals surface area (Å²) in [6.07, 6.45) is 0.218. The van der Waals surface area contributed by atoms with Crippen molar-refractivity contribution in [3.63, 3.8) is 0 Å². The lowest BCUT2D eigenvalue weighted by atomic mass is 10.0. The highest BCUT2D eigenvalue weighted by atomic mass is 16.2. The van der Waals surface area contributed by atoms with E-state index in [1.807, 2.05) is 60.7 Å². The first-order chi connectivity index (χ1) is 11.6. The van der Waals surface area contributed by atoms with Crippen molar-refractivity contribution in [1.82, 2.24) is 15.5 Å². The van der Waals surface area contributed by atoms with Crippen LogP contribution in [0.2, 0.25) is 0 Å². The zero-order valence-corrected chi connectivity index (χ0v) is 14.0. The maximum absolute atomic E-state index is 12.2. The number of nitrogens with zero attached hydrogens (tertiary/aromatic N) is 1. The molecule has 0 spiro atoms. The van der Waals surface area contributed by atoms with Gasteiger partial charge in [0.1, 0.15) is 0 Å². The van der Waals surface area contributed by atoms with Gasteiger partial charge in [-0.3, -0.25) is 4.79 Å². The van der Waals surface area contributed by atoms with Crippen LogP contribution >= 0.6 is 0 Å². The largest absolute Gasteiger partial charge is 0.349 e. The van der Waals surface area contributed by atoms with Crippen molar-refractivity contribution in [2.75, 3.05) is 14.1 Å². The summed E-state index contributed by atoms with van der Waals surface area (Å²) < 4.78 is 0. The minimum absolute atomic E-state index is 0.0350. The average Bonchev–Trinajstić information content (AvgIpc) is 2.61. The number of amides is 3. The molecule has 0 aromatic heterocycles. The molecule has 2 N–H and O–H groups in total. The van der Waals surface area contributed by atoms with Crippen LogP contribution in [0.3, 0.4) is 0 Å². The summed E-state index contributed by atoms with van der Waals surface area (Å²) >= 11 is 0. The number of carbonyl (C=O) groups excluding carboxylic acids is 2. The van der Waals surface area contributed by atoms with Crippen LogP contribution in [0.25, 0.3) is 0 Å². The van der Waals surface area contributed by atoms with E-state index in [1.165, 1.54) is 4.90 Å². The van der Waals surface area contributed by atoms with Crippen LogP contribution in [0.5, 0.6) is 0 Å². The lowest BCUT2D eigenvalue weighted by molar-refractivity contribution is -0.129. The van der Waals surface area contributed by atoms with Crippen LogP contribution in [-0.4, -0.2) is 30.9 Å². The van der Waals surface area contributed by atoms with E-state index in [0.29, 0.717) is 6.54 Å². The number of rotatable bonds is 6. The molecule has 0 unspecified atom stereocenters. The van der Waals surface area contributed by atoms with Crippen molar-refractivity contribution >= 4 is 11.9 Å². The fraction of sp³-hybridized carbons (Fsp3) is 0.263. The van der Waals surface area contributed by atoms with Crippen LogP contribution in [0, 0.1) is 0 Å². The summed E-state index contributed by atoms with van der Waals surface area (Å²) in [5.41, 5.74) is 1.93. The predicted molar refractivity (Wildman–Crippen MR) is 94.3 cm³/mol. The van der Waals surface area contributed by atoms with E-state index in [-0.39, 0.29) is 24.4 Å². The SMILES string of the molecule is CN(C)C(=O)C[C@H](NC(=O)NCc1ccccc1)c1ccccc1. The van der Waals surface area contributed by atoms with Gasteiger partial charge in [-0.25, -0.2) is 4.79 Å². The normalized spacial score (nSPS) is 11.4. The minimum atomic E-state index is -0.364. The fourth-order valence-electron chi connectivity index (χ4n) is 2.28. The minimum Gasteiger partial charge on any atom is -0.349 e. The predicted octanol–water partition coefficient (Wildman–Crippen LogP) is 2.71. The second-order valence-electron chi connectivity index (χ2n) is 5.77. The molecule has 0 aliphatic carbocycles. The maximum atomic E-state index is 12.2. The number of urea groups is 1. The summed E-state index contributed by atoms with van der Waals surface area (Å²) in [5, 5.41) is 5.72. The third-order valence-corrected chi connectivity index (χ3v) is 3.68. The van der Waals surface area contributed by atoms with Gasteiger partial charge in [0.05, 0.1) is 12.5 Å². The van der Waals surface area contributed by atoms with Crippen molar-refractivity contribution in [2.24, 2.45) is 0 Å². The van der Waals surface area contributed by atoms with Gasteiger partial charge in [0.15, 0.2) is 0 Å². The van der Waals surface area contributed by atoms with Crippen molar-refractivity contribution in [3.05, 3.63) is 71.8 Å². The van der Waals surface area contributed by atoms with Crippen LogP contribution in [-0.2, 0) is 11.3 Å². The van der Waals surface area contributed by atoms with E-state index in [0.717, 1.165) is 11.1 Å². The number of hydrogen-bond acceptors (Lipinski definition) is 2. The van der Waals surface area contributed by atoms with E-state index < -0.39 is 0 Å². The summed E-state index contributed by atoms with van der Waals surface area (Å²) in [7, 11) is 3.42. The molecule has 24 heavy (non-hydrogen) atoms. The Labute approximate surface area is 142 Å². The standard InChI is InChI=1S/C19H23N3O2/c1-22(2)18(23)13-17(16-11-7-4-8-12-16)21-19(24)20-14-15-9-5-3-6-10-15/h3-12,17H,13-14H2,1-2H3,(H2,20,21,24)/t17-/m0/s1. The first-order valence-electron chi connectivity index (χ1n) is 7.89. The second kappa shape index (κ2) is 8.72. The Kier molecular flexibility index (Phi) is 6.37. The summed E-state index contributed by atoms with van der Waals surface area (Å²) in [5.74, 6) is -0.0350. The van der Waals surface area contributed by atoms with E-state index in [9.17, 15) is 9.59 Å². The Bertz CT molecular complexity index is 657. The molecule has 0 saturated heterocycles. The zero-order chi connectivity index (χ0) is 17.4. The third-order valence-electron chi connectivity index (χ3n) is 3.68. The molecule has 0 saturated carbocycles. The summed E-state index contributed by atoms with van der Waals surface area (Å²) in [6, 6.07) is 18.5. The molecule has 2 aromatic carbocycles. The highest BCUT2D eigenvalue weighted by molar-refractivity contribution is 5.79. The molecule has 5 heteroatoms. The molecule has 0 bridgehead atoms. The van der Waals surface area contributed by atoms with Crippen LogP contribution in [0.15, 0.2) is 60.7 Å². The molecule has 1 atom stereocenters. The smallest absolute Gasteiger partial charge is 0.315 e. The van der Waals surface area contributed by atoms with Crippen LogP contribution in [0.1, 0.15) is 23.6 Å². The molecule has 0 fully saturated rings. The van der Waals surface area contributed by atoms with Crippen molar-refractivity contribution < 1.29 is 9.59 Å². The lowest BCUT2D eigenvalue weighted by Gasteiger charge is -2.21. The van der Waals surface area contributed by atoms with Crippen molar-refractivity contribution in [3.8, 4) is 0 Å². The van der Waals surface area contributed by atoms with Gasteiger partial charge >= 0.3 is 6.03 Å². The first-order valence-corrected chi connectivity index (χ1v) is 7.89. The topological polar surface area (TPSA) is 61.4 Å². The number of carbonyl (C=O) groups is 2. The quantitative estimate of drug-likeness (QED) is 0.858. The zero-order valence-electron chi connectivity index (χ0n) is 14.0. The van der Waals surface area contributed by atoms with E-state index in [1.54, 1.807) is 14.1 Å². The number of hydrogen-bond donors (Lipinski definition) is 2. The average molecular weight is 325 g/mol. The maximum Gasteiger partial charge on any atom is 0.315 e. The molecule has 126 valence electrons. The van der Waals surface area contributed by atoms with Gasteiger partial charge in [-0.1, -0.05) is 60.7 Å². The number of benzene rings is 2. The van der Waals surface area contributed by atoms with E-state index >= 15 is 0 Å². The Hall–Kier alpha value is -2.82.